The lowest BCUT2D eigenvalue weighted by Gasteiger charge is -2.32. The van der Waals surface area contributed by atoms with Gasteiger partial charge in [0.2, 0.25) is 0 Å². The maximum absolute atomic E-state index is 12.4. The van der Waals surface area contributed by atoms with Crippen LogP contribution in [-0.4, -0.2) is 49.2 Å². The third-order valence-corrected chi connectivity index (χ3v) is 6.00. The SMILES string of the molecule is CC1CCN(S(=O)(=O)N2CC(C)C(N)C2)CC1. The van der Waals surface area contributed by atoms with Crippen LogP contribution < -0.4 is 5.73 Å². The molecule has 0 aliphatic carbocycles. The van der Waals surface area contributed by atoms with Gasteiger partial charge in [0.25, 0.3) is 10.2 Å². The fourth-order valence-electron chi connectivity index (χ4n) is 2.51. The number of nitrogens with zero attached hydrogens (tertiary/aromatic N) is 2. The van der Waals surface area contributed by atoms with Crippen molar-refractivity contribution in [2.75, 3.05) is 26.2 Å². The maximum Gasteiger partial charge on any atom is 0.282 e. The molecule has 0 radical (unpaired) electrons. The molecule has 17 heavy (non-hydrogen) atoms. The zero-order valence-electron chi connectivity index (χ0n) is 10.7. The van der Waals surface area contributed by atoms with Crippen LogP contribution in [0.4, 0.5) is 0 Å². The van der Waals surface area contributed by atoms with Gasteiger partial charge in [-0.2, -0.15) is 17.0 Å². The Bertz CT molecular complexity index is 353. The van der Waals surface area contributed by atoms with Crippen molar-refractivity contribution in [2.24, 2.45) is 17.6 Å². The molecule has 2 atom stereocenters. The zero-order valence-corrected chi connectivity index (χ0v) is 11.5. The molecule has 2 saturated heterocycles. The third-order valence-electron chi connectivity index (χ3n) is 4.03. The van der Waals surface area contributed by atoms with Crippen LogP contribution in [-0.2, 0) is 10.2 Å². The van der Waals surface area contributed by atoms with Gasteiger partial charge in [-0.15, -0.1) is 0 Å². The molecule has 100 valence electrons. The molecular formula is C11H23N3O2S. The lowest BCUT2D eigenvalue weighted by atomic mass is 10.0. The molecule has 2 N–H and O–H groups in total. The Hall–Kier alpha value is -0.170. The summed E-state index contributed by atoms with van der Waals surface area (Å²) < 4.78 is 27.9. The second-order valence-electron chi connectivity index (χ2n) is 5.55. The van der Waals surface area contributed by atoms with Gasteiger partial charge in [0.05, 0.1) is 0 Å². The van der Waals surface area contributed by atoms with Crippen molar-refractivity contribution >= 4 is 10.2 Å². The van der Waals surface area contributed by atoms with E-state index in [9.17, 15) is 8.42 Å². The van der Waals surface area contributed by atoms with Gasteiger partial charge in [0.15, 0.2) is 0 Å². The summed E-state index contributed by atoms with van der Waals surface area (Å²) in [4.78, 5) is 0. The lowest BCUT2D eigenvalue weighted by molar-refractivity contribution is 0.269. The summed E-state index contributed by atoms with van der Waals surface area (Å²) in [5.41, 5.74) is 5.89. The van der Waals surface area contributed by atoms with Crippen molar-refractivity contribution in [1.29, 1.82) is 0 Å². The first-order valence-electron chi connectivity index (χ1n) is 6.42. The third kappa shape index (κ3) is 2.65. The van der Waals surface area contributed by atoms with E-state index in [0.717, 1.165) is 12.8 Å². The Morgan fingerprint density at radius 2 is 1.65 bits per heavy atom. The largest absolute Gasteiger partial charge is 0.326 e. The number of hydrogen-bond acceptors (Lipinski definition) is 3. The molecule has 2 heterocycles. The second kappa shape index (κ2) is 4.84. The monoisotopic (exact) mass is 261 g/mol. The maximum atomic E-state index is 12.4. The van der Waals surface area contributed by atoms with Crippen LogP contribution in [0, 0.1) is 11.8 Å². The smallest absolute Gasteiger partial charge is 0.282 e. The van der Waals surface area contributed by atoms with Gasteiger partial charge < -0.3 is 5.73 Å². The number of nitrogens with two attached hydrogens (primary N) is 1. The Labute approximate surface area is 104 Å². The predicted octanol–water partition coefficient (Wildman–Crippen LogP) is 0.242. The molecule has 0 saturated carbocycles. The van der Waals surface area contributed by atoms with Crippen LogP contribution in [0.1, 0.15) is 26.7 Å². The molecule has 2 aliphatic heterocycles. The fourth-order valence-corrected chi connectivity index (χ4v) is 4.30. The Morgan fingerprint density at radius 1 is 1.06 bits per heavy atom. The summed E-state index contributed by atoms with van der Waals surface area (Å²) in [5.74, 6) is 0.898. The van der Waals surface area contributed by atoms with E-state index < -0.39 is 10.2 Å². The average molecular weight is 261 g/mol. The lowest BCUT2D eigenvalue weighted by Crippen LogP contribution is -2.46. The van der Waals surface area contributed by atoms with Gasteiger partial charge in [-0.05, 0) is 24.7 Å². The van der Waals surface area contributed by atoms with Crippen LogP contribution >= 0.6 is 0 Å². The first-order chi connectivity index (χ1) is 7.91. The summed E-state index contributed by atoms with van der Waals surface area (Å²) in [6, 6.07) is -0.0199. The first-order valence-corrected chi connectivity index (χ1v) is 7.81. The molecule has 0 amide bonds. The van der Waals surface area contributed by atoms with Crippen molar-refractivity contribution in [3.8, 4) is 0 Å². The summed E-state index contributed by atoms with van der Waals surface area (Å²) in [7, 11) is -3.26. The van der Waals surface area contributed by atoms with Crippen molar-refractivity contribution in [3.05, 3.63) is 0 Å². The molecule has 0 aromatic heterocycles. The van der Waals surface area contributed by atoms with E-state index >= 15 is 0 Å². The molecule has 2 aliphatic rings. The number of hydrogen-bond donors (Lipinski definition) is 1. The standard InChI is InChI=1S/C11H23N3O2S/c1-9-3-5-13(6-4-9)17(15,16)14-7-10(2)11(12)8-14/h9-11H,3-8,12H2,1-2H3. The number of piperidine rings is 1. The topological polar surface area (TPSA) is 66.6 Å². The summed E-state index contributed by atoms with van der Waals surface area (Å²) in [5, 5.41) is 0. The summed E-state index contributed by atoms with van der Waals surface area (Å²) >= 11 is 0. The highest BCUT2D eigenvalue weighted by Crippen LogP contribution is 2.24. The van der Waals surface area contributed by atoms with Crippen LogP contribution in [0.2, 0.25) is 0 Å². The van der Waals surface area contributed by atoms with E-state index in [1.807, 2.05) is 6.92 Å². The molecule has 5 nitrogen and oxygen atoms in total. The van der Waals surface area contributed by atoms with Crippen molar-refractivity contribution in [3.63, 3.8) is 0 Å². The van der Waals surface area contributed by atoms with Gasteiger partial charge in [0, 0.05) is 32.2 Å². The molecule has 6 heteroatoms. The number of rotatable bonds is 2. The minimum absolute atomic E-state index is 0.0199. The van der Waals surface area contributed by atoms with Crippen LogP contribution in [0.15, 0.2) is 0 Å². The molecular weight excluding hydrogens is 238 g/mol. The van der Waals surface area contributed by atoms with Crippen LogP contribution in [0.3, 0.4) is 0 Å². The second-order valence-corrected chi connectivity index (χ2v) is 7.48. The Morgan fingerprint density at radius 3 is 2.12 bits per heavy atom. The average Bonchev–Trinajstić information content (AvgIpc) is 2.60. The van der Waals surface area contributed by atoms with Gasteiger partial charge in [-0.25, -0.2) is 0 Å². The Balaban J connectivity index is 2.04. The Kier molecular flexibility index (Phi) is 3.77. The quantitative estimate of drug-likeness (QED) is 0.774. The zero-order chi connectivity index (χ0) is 12.6. The van der Waals surface area contributed by atoms with Crippen LogP contribution in [0.5, 0.6) is 0 Å². The van der Waals surface area contributed by atoms with Gasteiger partial charge in [-0.1, -0.05) is 13.8 Å². The molecule has 0 bridgehead atoms. The highest BCUT2D eigenvalue weighted by atomic mass is 32.2. The normalized spacial score (nSPS) is 34.3. The van der Waals surface area contributed by atoms with Gasteiger partial charge >= 0.3 is 0 Å². The van der Waals surface area contributed by atoms with E-state index in [2.05, 4.69) is 6.92 Å². The predicted molar refractivity (Wildman–Crippen MR) is 67.6 cm³/mol. The van der Waals surface area contributed by atoms with E-state index in [1.54, 1.807) is 8.61 Å². The molecule has 0 aromatic carbocycles. The highest BCUT2D eigenvalue weighted by molar-refractivity contribution is 7.86. The molecule has 2 rings (SSSR count). The van der Waals surface area contributed by atoms with E-state index in [0.29, 0.717) is 32.1 Å². The summed E-state index contributed by atoms with van der Waals surface area (Å²) in [6.45, 7) is 6.54. The first kappa shape index (κ1) is 13.3. The van der Waals surface area contributed by atoms with Crippen molar-refractivity contribution in [2.45, 2.75) is 32.7 Å². The van der Waals surface area contributed by atoms with Crippen molar-refractivity contribution < 1.29 is 8.42 Å². The minimum Gasteiger partial charge on any atom is -0.326 e. The van der Waals surface area contributed by atoms with E-state index in [4.69, 9.17) is 5.73 Å². The van der Waals surface area contributed by atoms with Gasteiger partial charge in [-0.3, -0.25) is 0 Å². The molecule has 0 spiro atoms. The minimum atomic E-state index is -3.26. The fraction of sp³-hybridized carbons (Fsp3) is 1.00. The van der Waals surface area contributed by atoms with Crippen LogP contribution in [0.25, 0.3) is 0 Å². The van der Waals surface area contributed by atoms with Gasteiger partial charge in [0.1, 0.15) is 0 Å². The van der Waals surface area contributed by atoms with E-state index in [1.165, 1.54) is 0 Å². The summed E-state index contributed by atoms with van der Waals surface area (Å²) in [6.07, 6.45) is 1.93. The van der Waals surface area contributed by atoms with Crippen molar-refractivity contribution in [1.82, 2.24) is 8.61 Å². The molecule has 2 unspecified atom stereocenters. The highest BCUT2D eigenvalue weighted by Gasteiger charge is 2.38. The molecule has 2 fully saturated rings. The van der Waals surface area contributed by atoms with E-state index in [-0.39, 0.29) is 12.0 Å². The molecule has 0 aromatic rings.